The van der Waals surface area contributed by atoms with Crippen LogP contribution in [0.5, 0.6) is 0 Å². The van der Waals surface area contributed by atoms with E-state index in [1.165, 1.54) is 0 Å². The van der Waals surface area contributed by atoms with Crippen LogP contribution >= 0.6 is 11.6 Å². The first kappa shape index (κ1) is 14.5. The quantitative estimate of drug-likeness (QED) is 0.732. The number of carbonyl (C=O) groups excluding carboxylic acids is 1. The van der Waals surface area contributed by atoms with Crippen LogP contribution in [0.25, 0.3) is 0 Å². The Labute approximate surface area is 95.2 Å². The van der Waals surface area contributed by atoms with Gasteiger partial charge in [0.05, 0.1) is 12.9 Å². The smallest absolute Gasteiger partial charge is 0.420 e. The summed E-state index contributed by atoms with van der Waals surface area (Å²) in [6, 6.07) is 0. The zero-order valence-electron chi connectivity index (χ0n) is 8.82. The molecule has 1 N–H and O–H groups in total. The maximum absolute atomic E-state index is 11.3. The van der Waals surface area contributed by atoms with Crippen LogP contribution in [0.15, 0.2) is 0 Å². The van der Waals surface area contributed by atoms with E-state index in [-0.39, 0.29) is 5.75 Å². The van der Waals surface area contributed by atoms with Crippen molar-refractivity contribution in [2.75, 3.05) is 12.9 Å². The second-order valence-corrected chi connectivity index (χ2v) is 5.50. The van der Waals surface area contributed by atoms with Crippen molar-refractivity contribution in [1.82, 2.24) is 4.72 Å². The van der Waals surface area contributed by atoms with Gasteiger partial charge in [0.15, 0.2) is 0 Å². The van der Waals surface area contributed by atoms with Gasteiger partial charge < -0.3 is 4.74 Å². The highest BCUT2D eigenvalue weighted by Gasteiger charge is 2.19. The molecule has 0 fully saturated rings. The molecular formula is C8H16ClNO4S. The SMILES string of the molecule is CCCCC(Cl)CS(=O)(=O)NC(=O)OC. The lowest BCUT2D eigenvalue weighted by molar-refractivity contribution is 0.177. The summed E-state index contributed by atoms with van der Waals surface area (Å²) in [5, 5.41) is -0.480. The summed E-state index contributed by atoms with van der Waals surface area (Å²) in [5.41, 5.74) is 0. The Morgan fingerprint density at radius 1 is 1.53 bits per heavy atom. The van der Waals surface area contributed by atoms with Crippen molar-refractivity contribution < 1.29 is 17.9 Å². The summed E-state index contributed by atoms with van der Waals surface area (Å²) < 4.78 is 28.5. The molecule has 0 aromatic heterocycles. The van der Waals surface area contributed by atoms with Gasteiger partial charge in [0.2, 0.25) is 10.0 Å². The van der Waals surface area contributed by atoms with Crippen LogP contribution in [0.4, 0.5) is 4.79 Å². The fourth-order valence-electron chi connectivity index (χ4n) is 0.957. The molecule has 0 aromatic carbocycles. The molecule has 7 heteroatoms. The molecule has 0 rings (SSSR count). The van der Waals surface area contributed by atoms with E-state index >= 15 is 0 Å². The molecule has 0 aliphatic heterocycles. The zero-order valence-corrected chi connectivity index (χ0v) is 10.4. The predicted molar refractivity (Wildman–Crippen MR) is 58.5 cm³/mol. The molecule has 1 amide bonds. The van der Waals surface area contributed by atoms with Crippen molar-refractivity contribution in [3.05, 3.63) is 0 Å². The summed E-state index contributed by atoms with van der Waals surface area (Å²) in [6.45, 7) is 1.99. The third-order valence-electron chi connectivity index (χ3n) is 1.70. The van der Waals surface area contributed by atoms with Crippen molar-refractivity contribution in [1.29, 1.82) is 0 Å². The number of amides is 1. The first-order valence-corrected chi connectivity index (χ1v) is 6.72. The third-order valence-corrected chi connectivity index (χ3v) is 3.57. The summed E-state index contributed by atoms with van der Waals surface area (Å²) in [7, 11) is -2.58. The lowest BCUT2D eigenvalue weighted by Crippen LogP contribution is -2.35. The van der Waals surface area contributed by atoms with E-state index < -0.39 is 21.5 Å². The molecule has 0 radical (unpaired) electrons. The number of sulfonamides is 1. The van der Waals surface area contributed by atoms with Crippen LogP contribution in [0.3, 0.4) is 0 Å². The largest absolute Gasteiger partial charge is 0.452 e. The van der Waals surface area contributed by atoms with Crippen LogP contribution in [0, 0.1) is 0 Å². The molecule has 0 aliphatic carbocycles. The number of unbranched alkanes of at least 4 members (excludes halogenated alkanes) is 1. The lowest BCUT2D eigenvalue weighted by atomic mass is 10.2. The highest BCUT2D eigenvalue weighted by atomic mass is 35.5. The molecule has 5 nitrogen and oxygen atoms in total. The molecule has 0 heterocycles. The van der Waals surface area contributed by atoms with Gasteiger partial charge >= 0.3 is 6.09 Å². The van der Waals surface area contributed by atoms with Crippen LogP contribution in [0.2, 0.25) is 0 Å². The minimum Gasteiger partial charge on any atom is -0.452 e. The van der Waals surface area contributed by atoms with Crippen molar-refractivity contribution in [2.24, 2.45) is 0 Å². The predicted octanol–water partition coefficient (Wildman–Crippen LogP) is 1.47. The van der Waals surface area contributed by atoms with E-state index in [0.717, 1.165) is 20.0 Å². The monoisotopic (exact) mass is 257 g/mol. The Bertz CT molecular complexity index is 291. The fourth-order valence-corrected chi connectivity index (χ4v) is 2.67. The van der Waals surface area contributed by atoms with Gasteiger partial charge in [-0.3, -0.25) is 0 Å². The number of hydrogen-bond acceptors (Lipinski definition) is 4. The van der Waals surface area contributed by atoms with Gasteiger partial charge in [-0.15, -0.1) is 11.6 Å². The molecule has 90 valence electrons. The molecule has 0 saturated heterocycles. The maximum atomic E-state index is 11.3. The number of halogens is 1. The van der Waals surface area contributed by atoms with E-state index in [4.69, 9.17) is 11.6 Å². The average molecular weight is 258 g/mol. The fraction of sp³-hybridized carbons (Fsp3) is 0.875. The first-order chi connectivity index (χ1) is 6.91. The normalized spacial score (nSPS) is 13.3. The van der Waals surface area contributed by atoms with Crippen LogP contribution in [0.1, 0.15) is 26.2 Å². The van der Waals surface area contributed by atoms with Crippen LogP contribution in [-0.4, -0.2) is 32.8 Å². The molecule has 0 aromatic rings. The van der Waals surface area contributed by atoms with Crippen LogP contribution in [-0.2, 0) is 14.8 Å². The summed E-state index contributed by atoms with van der Waals surface area (Å²) in [6.07, 6.45) is 1.44. The molecule has 0 bridgehead atoms. The second kappa shape index (κ2) is 6.90. The Morgan fingerprint density at radius 2 is 2.13 bits per heavy atom. The Balaban J connectivity index is 4.08. The third kappa shape index (κ3) is 7.44. The van der Waals surface area contributed by atoms with Gasteiger partial charge in [-0.2, -0.15) is 0 Å². The number of ether oxygens (including phenoxy) is 1. The number of hydrogen-bond donors (Lipinski definition) is 1. The van der Waals surface area contributed by atoms with Gasteiger partial charge in [0.1, 0.15) is 0 Å². The summed E-state index contributed by atoms with van der Waals surface area (Å²) in [4.78, 5) is 10.7. The van der Waals surface area contributed by atoms with E-state index in [9.17, 15) is 13.2 Å². The molecule has 0 saturated carbocycles. The van der Waals surface area contributed by atoms with Gasteiger partial charge in [0, 0.05) is 5.38 Å². The van der Waals surface area contributed by atoms with E-state index in [1.807, 2.05) is 6.92 Å². The van der Waals surface area contributed by atoms with E-state index in [2.05, 4.69) is 4.74 Å². The zero-order chi connectivity index (χ0) is 11.9. The van der Waals surface area contributed by atoms with Gasteiger partial charge in [0.25, 0.3) is 0 Å². The number of methoxy groups -OCH3 is 1. The Morgan fingerprint density at radius 3 is 2.60 bits per heavy atom. The topological polar surface area (TPSA) is 72.5 Å². The number of alkyl halides is 1. The minimum absolute atomic E-state index is 0.274. The van der Waals surface area contributed by atoms with E-state index in [0.29, 0.717) is 6.42 Å². The molecule has 1 unspecified atom stereocenters. The standard InChI is InChI=1S/C8H16ClNO4S/c1-3-4-5-7(9)6-15(12,13)10-8(11)14-2/h7H,3-6H2,1-2H3,(H,10,11). The van der Waals surface area contributed by atoms with Crippen molar-refractivity contribution >= 4 is 27.7 Å². The molecular weight excluding hydrogens is 242 g/mol. The van der Waals surface area contributed by atoms with Gasteiger partial charge in [-0.1, -0.05) is 19.8 Å². The van der Waals surface area contributed by atoms with Crippen molar-refractivity contribution in [3.8, 4) is 0 Å². The number of rotatable bonds is 6. The summed E-state index contributed by atoms with van der Waals surface area (Å²) >= 11 is 5.80. The van der Waals surface area contributed by atoms with Crippen molar-refractivity contribution in [3.63, 3.8) is 0 Å². The maximum Gasteiger partial charge on any atom is 0.420 e. The van der Waals surface area contributed by atoms with Crippen LogP contribution < -0.4 is 4.72 Å². The average Bonchev–Trinajstić information content (AvgIpc) is 2.12. The highest BCUT2D eigenvalue weighted by molar-refractivity contribution is 7.90. The van der Waals surface area contributed by atoms with Gasteiger partial charge in [-0.25, -0.2) is 17.9 Å². The molecule has 0 aliphatic rings. The minimum atomic E-state index is -3.68. The summed E-state index contributed by atoms with van der Waals surface area (Å²) in [5.74, 6) is -0.274. The molecule has 15 heavy (non-hydrogen) atoms. The lowest BCUT2D eigenvalue weighted by Gasteiger charge is -2.09. The first-order valence-electron chi connectivity index (χ1n) is 4.63. The second-order valence-electron chi connectivity index (χ2n) is 3.11. The number of nitrogens with one attached hydrogen (secondary N) is 1. The highest BCUT2D eigenvalue weighted by Crippen LogP contribution is 2.09. The number of carbonyl (C=O) groups is 1. The van der Waals surface area contributed by atoms with Gasteiger partial charge in [-0.05, 0) is 6.42 Å². The Hall–Kier alpha value is -0.490. The molecule has 1 atom stereocenters. The Kier molecular flexibility index (Phi) is 6.67. The van der Waals surface area contributed by atoms with E-state index in [1.54, 1.807) is 4.72 Å². The van der Waals surface area contributed by atoms with Crippen molar-refractivity contribution in [2.45, 2.75) is 31.6 Å². The molecule has 0 spiro atoms.